The zero-order valence-corrected chi connectivity index (χ0v) is 9.10. The van der Waals surface area contributed by atoms with Crippen LogP contribution in [-0.4, -0.2) is 4.98 Å². The van der Waals surface area contributed by atoms with Crippen LogP contribution in [0.4, 0.5) is 27.6 Å². The summed E-state index contributed by atoms with van der Waals surface area (Å²) in [5.74, 6) is 0. The van der Waals surface area contributed by atoms with Gasteiger partial charge in [-0.05, 0) is 22.6 Å². The number of nitrogens with two attached hydrogens (primary N) is 1. The van der Waals surface area contributed by atoms with Crippen molar-refractivity contribution in [2.24, 2.45) is 0 Å². The average Bonchev–Trinajstić information content (AvgIpc) is 2.06. The standard InChI is InChI=1S/C7H4F5IN2/c8-6(9)2-1-15-5(7(10,11)12)3(13)4(2)14/h1,6H,(H2,14,15). The van der Waals surface area contributed by atoms with E-state index in [2.05, 4.69) is 4.98 Å². The highest BCUT2D eigenvalue weighted by Crippen LogP contribution is 2.36. The zero-order valence-electron chi connectivity index (χ0n) is 6.95. The van der Waals surface area contributed by atoms with Gasteiger partial charge in [-0.25, -0.2) is 8.78 Å². The Balaban J connectivity index is 3.34. The first-order chi connectivity index (χ1) is 6.75. The van der Waals surface area contributed by atoms with E-state index < -0.39 is 33.1 Å². The highest BCUT2D eigenvalue weighted by molar-refractivity contribution is 14.1. The van der Waals surface area contributed by atoms with Crippen molar-refractivity contribution >= 4 is 28.3 Å². The lowest BCUT2D eigenvalue weighted by Gasteiger charge is -2.12. The number of alkyl halides is 5. The average molecular weight is 338 g/mol. The van der Waals surface area contributed by atoms with Crippen LogP contribution < -0.4 is 5.73 Å². The van der Waals surface area contributed by atoms with E-state index in [4.69, 9.17) is 5.73 Å². The lowest BCUT2D eigenvalue weighted by molar-refractivity contribution is -0.141. The fourth-order valence-corrected chi connectivity index (χ4v) is 1.64. The van der Waals surface area contributed by atoms with Crippen LogP contribution in [0.5, 0.6) is 0 Å². The smallest absolute Gasteiger partial charge is 0.397 e. The number of hydrogen-bond acceptors (Lipinski definition) is 2. The second-order valence-electron chi connectivity index (χ2n) is 2.59. The quantitative estimate of drug-likeness (QED) is 0.631. The summed E-state index contributed by atoms with van der Waals surface area (Å²) in [6.07, 6.45) is -7.18. The van der Waals surface area contributed by atoms with Gasteiger partial charge in [0.1, 0.15) is 0 Å². The number of rotatable bonds is 1. The van der Waals surface area contributed by atoms with Gasteiger partial charge in [0, 0.05) is 6.20 Å². The van der Waals surface area contributed by atoms with Gasteiger partial charge in [-0.1, -0.05) is 0 Å². The summed E-state index contributed by atoms with van der Waals surface area (Å²) in [6, 6.07) is 0. The predicted molar refractivity (Wildman–Crippen MR) is 51.3 cm³/mol. The molecule has 0 atom stereocenters. The van der Waals surface area contributed by atoms with Gasteiger partial charge in [0.05, 0.1) is 14.8 Å². The fourth-order valence-electron chi connectivity index (χ4n) is 0.886. The van der Waals surface area contributed by atoms with Crippen molar-refractivity contribution in [3.05, 3.63) is 21.0 Å². The molecule has 0 aliphatic carbocycles. The van der Waals surface area contributed by atoms with E-state index in [1.165, 1.54) is 22.6 Å². The molecule has 2 N–H and O–H groups in total. The fraction of sp³-hybridized carbons (Fsp3) is 0.286. The van der Waals surface area contributed by atoms with Crippen LogP contribution in [0.3, 0.4) is 0 Å². The second-order valence-corrected chi connectivity index (χ2v) is 3.67. The Labute approximate surface area is 94.8 Å². The van der Waals surface area contributed by atoms with Crippen molar-refractivity contribution in [2.75, 3.05) is 5.73 Å². The van der Waals surface area contributed by atoms with Crippen LogP contribution in [0.15, 0.2) is 6.20 Å². The second kappa shape index (κ2) is 4.06. The monoisotopic (exact) mass is 338 g/mol. The normalized spacial score (nSPS) is 12.2. The number of halogens is 6. The highest BCUT2D eigenvalue weighted by Gasteiger charge is 2.36. The van der Waals surface area contributed by atoms with Crippen molar-refractivity contribution in [1.29, 1.82) is 0 Å². The van der Waals surface area contributed by atoms with E-state index in [0.29, 0.717) is 6.20 Å². The van der Waals surface area contributed by atoms with Gasteiger partial charge in [0.15, 0.2) is 5.69 Å². The topological polar surface area (TPSA) is 38.9 Å². The van der Waals surface area contributed by atoms with Crippen molar-refractivity contribution in [3.8, 4) is 0 Å². The van der Waals surface area contributed by atoms with Crippen molar-refractivity contribution in [3.63, 3.8) is 0 Å². The molecular formula is C7H4F5IN2. The first-order valence-corrected chi connectivity index (χ1v) is 4.62. The Morgan fingerprint density at radius 3 is 2.27 bits per heavy atom. The van der Waals surface area contributed by atoms with Crippen LogP contribution >= 0.6 is 22.6 Å². The molecule has 84 valence electrons. The molecule has 0 unspecified atom stereocenters. The molecule has 0 aliphatic heterocycles. The number of aromatic nitrogens is 1. The van der Waals surface area contributed by atoms with Gasteiger partial charge in [-0.15, -0.1) is 0 Å². The highest BCUT2D eigenvalue weighted by atomic mass is 127. The molecule has 2 nitrogen and oxygen atoms in total. The third-order valence-corrected chi connectivity index (χ3v) is 2.68. The van der Waals surface area contributed by atoms with Gasteiger partial charge in [0.25, 0.3) is 6.43 Å². The third-order valence-electron chi connectivity index (χ3n) is 1.59. The zero-order chi connectivity index (χ0) is 11.8. The van der Waals surface area contributed by atoms with Gasteiger partial charge in [-0.3, -0.25) is 4.98 Å². The summed E-state index contributed by atoms with van der Waals surface area (Å²) in [5.41, 5.74) is 2.64. The molecule has 0 bridgehead atoms. The summed E-state index contributed by atoms with van der Waals surface area (Å²) in [4.78, 5) is 2.94. The van der Waals surface area contributed by atoms with Crippen LogP contribution in [0.2, 0.25) is 0 Å². The summed E-state index contributed by atoms with van der Waals surface area (Å²) in [6.45, 7) is 0. The van der Waals surface area contributed by atoms with E-state index in [1.54, 1.807) is 0 Å². The SMILES string of the molecule is Nc1c(C(F)F)cnc(C(F)(F)F)c1I. The van der Waals surface area contributed by atoms with E-state index in [0.717, 1.165) is 0 Å². The summed E-state index contributed by atoms with van der Waals surface area (Å²) >= 11 is 1.25. The van der Waals surface area contributed by atoms with Crippen LogP contribution in [0, 0.1) is 3.57 Å². The van der Waals surface area contributed by atoms with Crippen LogP contribution in [0.25, 0.3) is 0 Å². The molecule has 0 spiro atoms. The van der Waals surface area contributed by atoms with Crippen LogP contribution in [0.1, 0.15) is 17.7 Å². The molecular weight excluding hydrogens is 334 g/mol. The molecule has 0 saturated heterocycles. The Morgan fingerprint density at radius 1 is 1.33 bits per heavy atom. The Bertz CT molecular complexity index is 376. The maximum Gasteiger partial charge on any atom is 0.434 e. The minimum absolute atomic E-state index is 0.449. The lowest BCUT2D eigenvalue weighted by atomic mass is 10.2. The molecule has 15 heavy (non-hydrogen) atoms. The van der Waals surface area contributed by atoms with Gasteiger partial charge in [-0.2, -0.15) is 13.2 Å². The molecule has 0 aliphatic rings. The predicted octanol–water partition coefficient (Wildman–Crippen LogP) is 3.22. The number of nitrogen functional groups attached to an aromatic ring is 1. The molecule has 0 amide bonds. The number of hydrogen-bond donors (Lipinski definition) is 1. The van der Waals surface area contributed by atoms with Crippen molar-refractivity contribution in [1.82, 2.24) is 4.98 Å². The van der Waals surface area contributed by atoms with E-state index in [1.807, 2.05) is 0 Å². The molecule has 0 aromatic carbocycles. The Hall–Kier alpha value is -0.670. The molecule has 0 radical (unpaired) electrons. The number of anilines is 1. The molecule has 1 heterocycles. The Kier molecular flexibility index (Phi) is 3.36. The van der Waals surface area contributed by atoms with Crippen LogP contribution in [-0.2, 0) is 6.18 Å². The molecule has 0 saturated carbocycles. The van der Waals surface area contributed by atoms with Crippen molar-refractivity contribution in [2.45, 2.75) is 12.6 Å². The molecule has 0 fully saturated rings. The van der Waals surface area contributed by atoms with E-state index >= 15 is 0 Å². The number of pyridine rings is 1. The summed E-state index contributed by atoms with van der Waals surface area (Å²) in [5, 5.41) is 0. The van der Waals surface area contributed by atoms with E-state index in [9.17, 15) is 22.0 Å². The van der Waals surface area contributed by atoms with Gasteiger partial charge in [0.2, 0.25) is 0 Å². The molecule has 1 aromatic heterocycles. The summed E-state index contributed by atoms with van der Waals surface area (Å²) < 4.78 is 60.7. The van der Waals surface area contributed by atoms with E-state index in [-0.39, 0.29) is 0 Å². The first-order valence-electron chi connectivity index (χ1n) is 3.54. The summed E-state index contributed by atoms with van der Waals surface area (Å²) in [7, 11) is 0. The molecule has 1 aromatic rings. The minimum atomic E-state index is -4.69. The first kappa shape index (κ1) is 12.4. The largest absolute Gasteiger partial charge is 0.434 e. The third kappa shape index (κ3) is 2.47. The maximum absolute atomic E-state index is 12.3. The van der Waals surface area contributed by atoms with Crippen molar-refractivity contribution < 1.29 is 22.0 Å². The van der Waals surface area contributed by atoms with Gasteiger partial charge >= 0.3 is 6.18 Å². The number of nitrogens with zero attached hydrogens (tertiary/aromatic N) is 1. The van der Waals surface area contributed by atoms with Gasteiger partial charge < -0.3 is 5.73 Å². The minimum Gasteiger partial charge on any atom is -0.397 e. The Morgan fingerprint density at radius 2 is 1.87 bits per heavy atom. The molecule has 1 rings (SSSR count). The lowest BCUT2D eigenvalue weighted by Crippen LogP contribution is -2.13. The maximum atomic E-state index is 12.3. The molecule has 8 heteroatoms.